The van der Waals surface area contributed by atoms with E-state index in [0.29, 0.717) is 49.7 Å². The molecule has 2 aliphatic heterocycles. The number of carbonyl (C=O) groups is 2. The molecule has 2 N–H and O–H groups in total. The topological polar surface area (TPSA) is 79.9 Å². The maximum atomic E-state index is 13.2. The summed E-state index contributed by atoms with van der Waals surface area (Å²) < 4.78 is 23.5. The molecule has 0 saturated carbocycles. The number of halogens is 1. The Bertz CT molecular complexity index is 684. The lowest BCUT2D eigenvalue weighted by molar-refractivity contribution is -0.136. The SMILES string of the molecule is COC(=O)C1=C(CN2CCOCC2)NC(=O)NC1c1ccc(F)cc1. The first-order chi connectivity index (χ1) is 12.1. The van der Waals surface area contributed by atoms with Crippen molar-refractivity contribution < 1.29 is 23.5 Å². The molecular formula is C17H20FN3O4. The molecule has 8 heteroatoms. The van der Waals surface area contributed by atoms with E-state index in [1.165, 1.54) is 19.2 Å². The molecule has 0 bridgehead atoms. The molecule has 1 saturated heterocycles. The van der Waals surface area contributed by atoms with Crippen LogP contribution in [0.15, 0.2) is 35.5 Å². The van der Waals surface area contributed by atoms with Crippen molar-refractivity contribution in [1.29, 1.82) is 0 Å². The summed E-state index contributed by atoms with van der Waals surface area (Å²) in [5.41, 5.74) is 1.42. The minimum absolute atomic E-state index is 0.320. The fourth-order valence-corrected chi connectivity index (χ4v) is 2.98. The smallest absolute Gasteiger partial charge is 0.338 e. The van der Waals surface area contributed by atoms with Crippen LogP contribution in [-0.4, -0.2) is 56.9 Å². The monoisotopic (exact) mass is 349 g/mol. The van der Waals surface area contributed by atoms with Crippen LogP contribution < -0.4 is 10.6 Å². The van der Waals surface area contributed by atoms with Gasteiger partial charge >= 0.3 is 12.0 Å². The van der Waals surface area contributed by atoms with Gasteiger partial charge in [-0.05, 0) is 17.7 Å². The standard InChI is InChI=1S/C17H20FN3O4/c1-24-16(22)14-13(10-21-6-8-25-9-7-21)19-17(23)20-15(14)11-2-4-12(18)5-3-11/h2-5,15H,6-10H2,1H3,(H2,19,20,23). The van der Waals surface area contributed by atoms with Gasteiger partial charge in [0.2, 0.25) is 0 Å². The second-order valence-electron chi connectivity index (χ2n) is 5.86. The molecule has 1 atom stereocenters. The number of amides is 2. The van der Waals surface area contributed by atoms with Crippen molar-refractivity contribution in [3.8, 4) is 0 Å². The zero-order chi connectivity index (χ0) is 17.8. The number of carbonyl (C=O) groups excluding carboxylic acids is 2. The van der Waals surface area contributed by atoms with E-state index in [2.05, 4.69) is 15.5 Å². The first-order valence-corrected chi connectivity index (χ1v) is 8.03. The van der Waals surface area contributed by atoms with E-state index in [1.54, 1.807) is 12.1 Å². The van der Waals surface area contributed by atoms with E-state index in [-0.39, 0.29) is 5.82 Å². The lowest BCUT2D eigenvalue weighted by Crippen LogP contribution is -2.49. The summed E-state index contributed by atoms with van der Waals surface area (Å²) in [7, 11) is 1.29. The molecule has 1 fully saturated rings. The van der Waals surface area contributed by atoms with Gasteiger partial charge < -0.3 is 20.1 Å². The van der Waals surface area contributed by atoms with E-state index in [4.69, 9.17) is 9.47 Å². The summed E-state index contributed by atoms with van der Waals surface area (Å²) in [6.45, 7) is 3.03. The Balaban J connectivity index is 1.96. The maximum absolute atomic E-state index is 13.2. The summed E-state index contributed by atoms with van der Waals surface area (Å²) in [6.07, 6.45) is 0. The fourth-order valence-electron chi connectivity index (χ4n) is 2.98. The van der Waals surface area contributed by atoms with Gasteiger partial charge in [-0.1, -0.05) is 12.1 Å². The third-order valence-electron chi connectivity index (χ3n) is 4.25. The molecule has 2 amide bonds. The number of esters is 1. The Morgan fingerprint density at radius 1 is 1.32 bits per heavy atom. The van der Waals surface area contributed by atoms with E-state index < -0.39 is 18.0 Å². The largest absolute Gasteiger partial charge is 0.466 e. The van der Waals surface area contributed by atoms with Crippen LogP contribution in [0.1, 0.15) is 11.6 Å². The Labute approximate surface area is 144 Å². The highest BCUT2D eigenvalue weighted by Crippen LogP contribution is 2.28. The number of rotatable bonds is 4. The van der Waals surface area contributed by atoms with Gasteiger partial charge in [-0.2, -0.15) is 0 Å². The number of benzene rings is 1. The van der Waals surface area contributed by atoms with E-state index in [1.807, 2.05) is 0 Å². The van der Waals surface area contributed by atoms with Gasteiger partial charge in [0.1, 0.15) is 5.82 Å². The molecule has 0 spiro atoms. The van der Waals surface area contributed by atoms with E-state index in [0.717, 1.165) is 0 Å². The first-order valence-electron chi connectivity index (χ1n) is 8.03. The van der Waals surface area contributed by atoms with Gasteiger partial charge in [0.05, 0.1) is 31.9 Å². The Kier molecular flexibility index (Phi) is 5.30. The highest BCUT2D eigenvalue weighted by atomic mass is 19.1. The van der Waals surface area contributed by atoms with Crippen molar-refractivity contribution in [3.05, 3.63) is 46.9 Å². The third-order valence-corrected chi connectivity index (χ3v) is 4.25. The van der Waals surface area contributed by atoms with Gasteiger partial charge in [-0.25, -0.2) is 14.0 Å². The molecule has 25 heavy (non-hydrogen) atoms. The van der Waals surface area contributed by atoms with Crippen molar-refractivity contribution in [2.24, 2.45) is 0 Å². The van der Waals surface area contributed by atoms with Crippen LogP contribution in [0.3, 0.4) is 0 Å². The molecular weight excluding hydrogens is 329 g/mol. The molecule has 134 valence electrons. The zero-order valence-electron chi connectivity index (χ0n) is 13.9. The summed E-state index contributed by atoms with van der Waals surface area (Å²) >= 11 is 0. The number of hydrogen-bond donors (Lipinski definition) is 2. The number of hydrogen-bond acceptors (Lipinski definition) is 5. The molecule has 0 radical (unpaired) electrons. The molecule has 1 aromatic rings. The summed E-state index contributed by atoms with van der Waals surface area (Å²) in [6, 6.07) is 4.56. The predicted octanol–water partition coefficient (Wildman–Crippen LogP) is 0.939. The minimum Gasteiger partial charge on any atom is -0.466 e. The molecule has 2 heterocycles. The van der Waals surface area contributed by atoms with E-state index >= 15 is 0 Å². The highest BCUT2D eigenvalue weighted by molar-refractivity contribution is 5.95. The van der Waals surface area contributed by atoms with Crippen LogP contribution >= 0.6 is 0 Å². The van der Waals surface area contributed by atoms with Crippen LogP contribution in [-0.2, 0) is 14.3 Å². The Morgan fingerprint density at radius 2 is 2.00 bits per heavy atom. The highest BCUT2D eigenvalue weighted by Gasteiger charge is 2.34. The maximum Gasteiger partial charge on any atom is 0.338 e. The van der Waals surface area contributed by atoms with Gasteiger partial charge in [0.25, 0.3) is 0 Å². The molecule has 0 aliphatic carbocycles. The van der Waals surface area contributed by atoms with Gasteiger partial charge in [-0.15, -0.1) is 0 Å². The van der Waals surface area contributed by atoms with Crippen molar-refractivity contribution >= 4 is 12.0 Å². The number of ether oxygens (including phenoxy) is 2. The number of methoxy groups -OCH3 is 1. The van der Waals surface area contributed by atoms with Crippen LogP contribution in [0, 0.1) is 5.82 Å². The third kappa shape index (κ3) is 3.97. The van der Waals surface area contributed by atoms with Gasteiger partial charge in [0, 0.05) is 25.3 Å². The van der Waals surface area contributed by atoms with Crippen molar-refractivity contribution in [2.75, 3.05) is 40.0 Å². The van der Waals surface area contributed by atoms with Crippen molar-refractivity contribution in [3.63, 3.8) is 0 Å². The Hall–Kier alpha value is -2.45. The van der Waals surface area contributed by atoms with Crippen LogP contribution in [0.4, 0.5) is 9.18 Å². The number of morpholine rings is 1. The number of nitrogens with one attached hydrogen (secondary N) is 2. The average Bonchev–Trinajstić information content (AvgIpc) is 2.62. The molecule has 0 aromatic heterocycles. The molecule has 7 nitrogen and oxygen atoms in total. The average molecular weight is 349 g/mol. The Morgan fingerprint density at radius 3 is 2.64 bits per heavy atom. The summed E-state index contributed by atoms with van der Waals surface area (Å²) in [5.74, 6) is -0.925. The predicted molar refractivity (Wildman–Crippen MR) is 87.1 cm³/mol. The fraction of sp³-hybridized carbons (Fsp3) is 0.412. The summed E-state index contributed by atoms with van der Waals surface area (Å²) in [4.78, 5) is 26.6. The lowest BCUT2D eigenvalue weighted by atomic mass is 9.95. The van der Waals surface area contributed by atoms with Crippen LogP contribution in [0.5, 0.6) is 0 Å². The molecule has 2 aliphatic rings. The molecule has 1 aromatic carbocycles. The first kappa shape index (κ1) is 17.4. The number of urea groups is 1. The molecule has 1 unspecified atom stereocenters. The lowest BCUT2D eigenvalue weighted by Gasteiger charge is -2.33. The second-order valence-corrected chi connectivity index (χ2v) is 5.86. The van der Waals surface area contributed by atoms with Crippen molar-refractivity contribution in [1.82, 2.24) is 15.5 Å². The van der Waals surface area contributed by atoms with Gasteiger partial charge in [-0.3, -0.25) is 4.90 Å². The minimum atomic E-state index is -0.696. The van der Waals surface area contributed by atoms with Crippen molar-refractivity contribution in [2.45, 2.75) is 6.04 Å². The molecule has 3 rings (SSSR count). The quantitative estimate of drug-likeness (QED) is 0.791. The summed E-state index contributed by atoms with van der Waals surface area (Å²) in [5, 5.41) is 5.42. The normalized spacial score (nSPS) is 21.5. The van der Waals surface area contributed by atoms with E-state index in [9.17, 15) is 14.0 Å². The van der Waals surface area contributed by atoms with Crippen LogP contribution in [0.2, 0.25) is 0 Å². The zero-order valence-corrected chi connectivity index (χ0v) is 13.9. The van der Waals surface area contributed by atoms with Gasteiger partial charge in [0.15, 0.2) is 0 Å². The second kappa shape index (κ2) is 7.62. The van der Waals surface area contributed by atoms with Crippen LogP contribution in [0.25, 0.3) is 0 Å². The number of nitrogens with zero attached hydrogens (tertiary/aromatic N) is 1.